The third-order valence-electron chi connectivity index (χ3n) is 3.44. The average molecular weight is 344 g/mol. The zero-order valence-corrected chi connectivity index (χ0v) is 12.4. The Balaban J connectivity index is 1.61. The van der Waals surface area contributed by atoms with Gasteiger partial charge in [-0.3, -0.25) is 4.79 Å². The fourth-order valence-electron chi connectivity index (χ4n) is 2.32. The first-order valence-electron chi connectivity index (χ1n) is 7.18. The molecular weight excluding hydrogens is 329 g/mol. The SMILES string of the molecule is O=C(NCC(F)(F)F)C1CN(Nc2ncnc3[nH]ccc23)CCO1. The molecule has 0 radical (unpaired) electrons. The molecule has 1 aliphatic heterocycles. The Hall–Kier alpha value is -2.40. The van der Waals surface area contributed by atoms with Gasteiger partial charge in [0.15, 0.2) is 11.9 Å². The van der Waals surface area contributed by atoms with Crippen molar-refractivity contribution in [2.45, 2.75) is 12.3 Å². The minimum Gasteiger partial charge on any atom is -0.366 e. The number of hydrazine groups is 1. The number of rotatable bonds is 4. The Morgan fingerprint density at radius 3 is 3.08 bits per heavy atom. The molecular formula is C13H15F3N6O2. The van der Waals surface area contributed by atoms with Crippen molar-refractivity contribution in [1.29, 1.82) is 0 Å². The van der Waals surface area contributed by atoms with Crippen LogP contribution in [-0.2, 0) is 9.53 Å². The molecule has 8 nitrogen and oxygen atoms in total. The van der Waals surface area contributed by atoms with Gasteiger partial charge in [-0.15, -0.1) is 0 Å². The van der Waals surface area contributed by atoms with Crippen molar-refractivity contribution in [2.75, 3.05) is 31.7 Å². The van der Waals surface area contributed by atoms with E-state index in [1.54, 1.807) is 17.3 Å². The van der Waals surface area contributed by atoms with Gasteiger partial charge in [-0.25, -0.2) is 15.0 Å². The van der Waals surface area contributed by atoms with Gasteiger partial charge in [-0.05, 0) is 6.07 Å². The molecule has 1 atom stereocenters. The summed E-state index contributed by atoms with van der Waals surface area (Å²) in [7, 11) is 0. The van der Waals surface area contributed by atoms with Crippen LogP contribution in [0.2, 0.25) is 0 Å². The number of hydrogen-bond donors (Lipinski definition) is 3. The van der Waals surface area contributed by atoms with Gasteiger partial charge >= 0.3 is 6.18 Å². The monoisotopic (exact) mass is 344 g/mol. The van der Waals surface area contributed by atoms with Crippen molar-refractivity contribution in [3.8, 4) is 0 Å². The molecule has 3 rings (SSSR count). The highest BCUT2D eigenvalue weighted by molar-refractivity contribution is 5.86. The molecule has 11 heteroatoms. The third kappa shape index (κ3) is 3.92. The molecule has 1 saturated heterocycles. The Labute approximate surface area is 134 Å². The van der Waals surface area contributed by atoms with Crippen molar-refractivity contribution in [2.24, 2.45) is 0 Å². The predicted octanol–water partition coefficient (Wildman–Crippen LogP) is 0.664. The number of hydrogen-bond acceptors (Lipinski definition) is 6. The first-order valence-corrected chi connectivity index (χ1v) is 7.18. The van der Waals surface area contributed by atoms with Crippen LogP contribution < -0.4 is 10.7 Å². The second-order valence-electron chi connectivity index (χ2n) is 5.21. The summed E-state index contributed by atoms with van der Waals surface area (Å²) in [6.45, 7) is -0.619. The normalized spacial score (nSPS) is 19.4. The van der Waals surface area contributed by atoms with Crippen LogP contribution in [0.1, 0.15) is 0 Å². The number of amides is 1. The van der Waals surface area contributed by atoms with Gasteiger partial charge in [0.25, 0.3) is 5.91 Å². The number of ether oxygens (including phenoxy) is 1. The highest BCUT2D eigenvalue weighted by atomic mass is 19.4. The lowest BCUT2D eigenvalue weighted by molar-refractivity contribution is -0.149. The number of aromatic amines is 1. The molecule has 0 aromatic carbocycles. The van der Waals surface area contributed by atoms with E-state index in [9.17, 15) is 18.0 Å². The Bertz CT molecular complexity index is 719. The highest BCUT2D eigenvalue weighted by Crippen LogP contribution is 2.19. The molecule has 1 aliphatic rings. The molecule has 0 aliphatic carbocycles. The van der Waals surface area contributed by atoms with Gasteiger partial charge in [0.2, 0.25) is 0 Å². The van der Waals surface area contributed by atoms with Crippen LogP contribution in [-0.4, -0.2) is 64.4 Å². The van der Waals surface area contributed by atoms with Crippen molar-refractivity contribution < 1.29 is 22.7 Å². The lowest BCUT2D eigenvalue weighted by atomic mass is 10.3. The molecule has 1 fully saturated rings. The summed E-state index contributed by atoms with van der Waals surface area (Å²) in [6.07, 6.45) is -2.34. The molecule has 0 spiro atoms. The zero-order chi connectivity index (χ0) is 17.2. The van der Waals surface area contributed by atoms with Gasteiger partial charge in [0, 0.05) is 12.7 Å². The average Bonchev–Trinajstić information content (AvgIpc) is 3.02. The van der Waals surface area contributed by atoms with E-state index in [-0.39, 0.29) is 13.2 Å². The highest BCUT2D eigenvalue weighted by Gasteiger charge is 2.32. The third-order valence-corrected chi connectivity index (χ3v) is 3.44. The van der Waals surface area contributed by atoms with E-state index in [4.69, 9.17) is 4.74 Å². The minimum absolute atomic E-state index is 0.0968. The molecule has 0 bridgehead atoms. The van der Waals surface area contributed by atoms with Gasteiger partial charge in [-0.1, -0.05) is 0 Å². The number of carbonyl (C=O) groups excluding carboxylic acids is 1. The second-order valence-corrected chi connectivity index (χ2v) is 5.21. The number of nitrogens with zero attached hydrogens (tertiary/aromatic N) is 3. The fraction of sp³-hybridized carbons (Fsp3) is 0.462. The summed E-state index contributed by atoms with van der Waals surface area (Å²) in [5, 5.41) is 4.27. The number of anilines is 1. The lowest BCUT2D eigenvalue weighted by Gasteiger charge is -2.32. The maximum absolute atomic E-state index is 12.2. The molecule has 130 valence electrons. The minimum atomic E-state index is -4.46. The summed E-state index contributed by atoms with van der Waals surface area (Å²) < 4.78 is 41.8. The van der Waals surface area contributed by atoms with Crippen LogP contribution in [0.25, 0.3) is 11.0 Å². The Morgan fingerprint density at radius 2 is 2.29 bits per heavy atom. The molecule has 0 saturated carbocycles. The summed E-state index contributed by atoms with van der Waals surface area (Å²) in [6, 6.07) is 1.80. The molecule has 3 N–H and O–H groups in total. The number of morpholine rings is 1. The van der Waals surface area contributed by atoms with Crippen LogP contribution in [0.15, 0.2) is 18.6 Å². The van der Waals surface area contributed by atoms with E-state index in [1.807, 2.05) is 5.32 Å². The van der Waals surface area contributed by atoms with Crippen LogP contribution in [0.4, 0.5) is 19.0 Å². The van der Waals surface area contributed by atoms with Gasteiger partial charge in [0.05, 0.1) is 18.5 Å². The topological polar surface area (TPSA) is 95.2 Å². The molecule has 1 unspecified atom stereocenters. The number of alkyl halides is 3. The molecule has 1 amide bonds. The smallest absolute Gasteiger partial charge is 0.366 e. The zero-order valence-electron chi connectivity index (χ0n) is 12.4. The standard InChI is InChI=1S/C13H15F3N6O2/c14-13(15,16)6-18-12(23)9-5-22(3-4-24-9)21-11-8-1-2-17-10(8)19-7-20-11/h1-2,7,9H,3-6H2,(H,18,23)(H2,17,19,20,21). The maximum Gasteiger partial charge on any atom is 0.405 e. The van der Waals surface area contributed by atoms with Crippen LogP contribution in [0.3, 0.4) is 0 Å². The number of aromatic nitrogens is 3. The van der Waals surface area contributed by atoms with E-state index in [1.165, 1.54) is 6.33 Å². The molecule has 3 heterocycles. The number of fused-ring (bicyclic) bond motifs is 1. The van der Waals surface area contributed by atoms with Gasteiger partial charge in [-0.2, -0.15) is 13.2 Å². The molecule has 24 heavy (non-hydrogen) atoms. The summed E-state index contributed by atoms with van der Waals surface area (Å²) >= 11 is 0. The van der Waals surface area contributed by atoms with E-state index >= 15 is 0 Å². The first kappa shape index (κ1) is 16.5. The number of carbonyl (C=O) groups is 1. The van der Waals surface area contributed by atoms with E-state index < -0.39 is 24.7 Å². The van der Waals surface area contributed by atoms with Crippen molar-refractivity contribution in [3.05, 3.63) is 18.6 Å². The van der Waals surface area contributed by atoms with Crippen LogP contribution >= 0.6 is 0 Å². The van der Waals surface area contributed by atoms with Crippen LogP contribution in [0.5, 0.6) is 0 Å². The maximum atomic E-state index is 12.2. The predicted molar refractivity (Wildman–Crippen MR) is 77.9 cm³/mol. The van der Waals surface area contributed by atoms with Crippen molar-refractivity contribution in [3.63, 3.8) is 0 Å². The number of halogens is 3. The van der Waals surface area contributed by atoms with E-state index in [2.05, 4.69) is 20.4 Å². The Morgan fingerprint density at radius 1 is 1.46 bits per heavy atom. The Kier molecular flexibility index (Phi) is 4.53. The van der Waals surface area contributed by atoms with Gasteiger partial charge < -0.3 is 20.5 Å². The van der Waals surface area contributed by atoms with Crippen molar-refractivity contribution >= 4 is 22.8 Å². The fourth-order valence-corrected chi connectivity index (χ4v) is 2.32. The molecule has 2 aromatic rings. The summed E-state index contributed by atoms with van der Waals surface area (Å²) in [5.41, 5.74) is 3.70. The molecule has 2 aromatic heterocycles. The lowest BCUT2D eigenvalue weighted by Crippen LogP contribution is -2.52. The van der Waals surface area contributed by atoms with E-state index in [0.29, 0.717) is 18.0 Å². The second kappa shape index (κ2) is 6.61. The summed E-state index contributed by atoms with van der Waals surface area (Å²) in [4.78, 5) is 22.9. The number of H-pyrrole nitrogens is 1. The first-order chi connectivity index (χ1) is 11.4. The van der Waals surface area contributed by atoms with Crippen molar-refractivity contribution in [1.82, 2.24) is 25.3 Å². The quantitative estimate of drug-likeness (QED) is 0.754. The largest absolute Gasteiger partial charge is 0.405 e. The summed E-state index contributed by atoms with van der Waals surface area (Å²) in [5.74, 6) is -0.258. The van der Waals surface area contributed by atoms with Gasteiger partial charge in [0.1, 0.15) is 18.5 Å². The number of nitrogens with one attached hydrogen (secondary N) is 3. The van der Waals surface area contributed by atoms with Crippen LogP contribution in [0, 0.1) is 0 Å². The van der Waals surface area contributed by atoms with E-state index in [0.717, 1.165) is 5.39 Å².